The van der Waals surface area contributed by atoms with Gasteiger partial charge in [0.25, 0.3) is 0 Å². The Balaban J connectivity index is 2.57. The molecule has 2 rings (SSSR count). The van der Waals surface area contributed by atoms with Crippen LogP contribution in [0.5, 0.6) is 0 Å². The van der Waals surface area contributed by atoms with Gasteiger partial charge >= 0.3 is 5.63 Å². The Labute approximate surface area is 108 Å². The number of hydrogen-bond acceptors (Lipinski definition) is 2. The first-order chi connectivity index (χ1) is 8.35. The topological polar surface area (TPSA) is 30.2 Å². The molecule has 92 valence electrons. The molecular weight excluding hydrogens is 240 g/mol. The minimum atomic E-state index is -1.38. The molecule has 0 atom stereocenters. The Bertz CT molecular complexity index is 709. The van der Waals surface area contributed by atoms with Crippen LogP contribution in [0.3, 0.4) is 0 Å². The van der Waals surface area contributed by atoms with Gasteiger partial charge in [-0.05, 0) is 30.7 Å². The highest BCUT2D eigenvalue weighted by Gasteiger charge is 2.08. The van der Waals surface area contributed by atoms with Crippen LogP contribution in [0.1, 0.15) is 11.1 Å². The lowest BCUT2D eigenvalue weighted by Gasteiger charge is -2.04. The summed E-state index contributed by atoms with van der Waals surface area (Å²) in [5.74, 6) is 3.17. The third-order valence-corrected chi connectivity index (χ3v) is 3.41. The van der Waals surface area contributed by atoms with Crippen LogP contribution in [0.15, 0.2) is 33.5 Å². The number of hydrogen-bond donors (Lipinski definition) is 0. The van der Waals surface area contributed by atoms with Crippen molar-refractivity contribution < 1.29 is 4.42 Å². The Morgan fingerprint density at radius 2 is 1.89 bits per heavy atom. The summed E-state index contributed by atoms with van der Waals surface area (Å²) in [6, 6.07) is 7.29. The van der Waals surface area contributed by atoms with Gasteiger partial charge in [0.15, 0.2) is 0 Å². The van der Waals surface area contributed by atoms with E-state index in [0.717, 1.165) is 16.5 Å². The van der Waals surface area contributed by atoms with Crippen LogP contribution < -0.4 is 5.63 Å². The van der Waals surface area contributed by atoms with Gasteiger partial charge in [0.1, 0.15) is 13.7 Å². The van der Waals surface area contributed by atoms with Gasteiger partial charge in [-0.1, -0.05) is 25.6 Å². The van der Waals surface area contributed by atoms with Crippen LogP contribution in [0, 0.1) is 18.4 Å². The van der Waals surface area contributed by atoms with Gasteiger partial charge in [-0.25, -0.2) is 4.79 Å². The summed E-state index contributed by atoms with van der Waals surface area (Å²) in [4.78, 5) is 11.3. The fourth-order valence-electron chi connectivity index (χ4n) is 1.66. The molecule has 0 aliphatic carbocycles. The SMILES string of the molecule is Cc1cc(=O)oc2cc(C#C[Si](C)(C)C)ccc12. The van der Waals surface area contributed by atoms with Gasteiger partial charge in [0.05, 0.1) is 0 Å². The molecule has 0 bridgehead atoms. The second kappa shape index (κ2) is 4.47. The molecule has 2 aromatic rings. The molecule has 0 unspecified atom stereocenters. The number of aryl methyl sites for hydroxylation is 1. The molecule has 0 N–H and O–H groups in total. The van der Waals surface area contributed by atoms with E-state index in [1.165, 1.54) is 6.07 Å². The standard InChI is InChI=1S/C15H16O2Si/c1-11-9-15(16)17-14-10-12(5-6-13(11)14)7-8-18(2,3)4/h5-6,9-10H,1-4H3. The lowest BCUT2D eigenvalue weighted by molar-refractivity contribution is 0.560. The highest BCUT2D eigenvalue weighted by Crippen LogP contribution is 2.17. The van der Waals surface area contributed by atoms with Crippen LogP contribution in [0.2, 0.25) is 19.6 Å². The van der Waals surface area contributed by atoms with E-state index in [1.54, 1.807) is 0 Å². The largest absolute Gasteiger partial charge is 0.423 e. The van der Waals surface area contributed by atoms with E-state index in [4.69, 9.17) is 4.42 Å². The molecule has 0 saturated carbocycles. The Kier molecular flexibility index (Phi) is 3.14. The van der Waals surface area contributed by atoms with Crippen LogP contribution >= 0.6 is 0 Å². The van der Waals surface area contributed by atoms with Crippen molar-refractivity contribution in [2.45, 2.75) is 26.6 Å². The number of fused-ring (bicyclic) bond motifs is 1. The smallest absolute Gasteiger partial charge is 0.336 e. The minimum absolute atomic E-state index is 0.310. The van der Waals surface area contributed by atoms with Gasteiger partial charge < -0.3 is 4.42 Å². The second-order valence-electron chi connectivity index (χ2n) is 5.46. The molecule has 3 heteroatoms. The predicted octanol–water partition coefficient (Wildman–Crippen LogP) is 3.33. The normalized spacial score (nSPS) is 11.1. The van der Waals surface area contributed by atoms with Crippen LogP contribution in [-0.4, -0.2) is 8.07 Å². The molecule has 0 spiro atoms. The highest BCUT2D eigenvalue weighted by molar-refractivity contribution is 6.83. The maximum atomic E-state index is 11.3. The highest BCUT2D eigenvalue weighted by atomic mass is 28.3. The van der Waals surface area contributed by atoms with Crippen molar-refractivity contribution in [2.24, 2.45) is 0 Å². The van der Waals surface area contributed by atoms with E-state index in [0.29, 0.717) is 5.58 Å². The molecule has 1 aromatic heterocycles. The van der Waals surface area contributed by atoms with E-state index in [9.17, 15) is 4.79 Å². The summed E-state index contributed by atoms with van der Waals surface area (Å²) >= 11 is 0. The summed E-state index contributed by atoms with van der Waals surface area (Å²) in [5, 5.41) is 0.966. The van der Waals surface area contributed by atoms with Crippen molar-refractivity contribution in [1.82, 2.24) is 0 Å². The number of rotatable bonds is 0. The Morgan fingerprint density at radius 1 is 1.17 bits per heavy atom. The third kappa shape index (κ3) is 2.90. The third-order valence-electron chi connectivity index (χ3n) is 2.53. The van der Waals surface area contributed by atoms with Crippen LogP contribution in [-0.2, 0) is 0 Å². The zero-order valence-electron chi connectivity index (χ0n) is 11.1. The molecule has 0 saturated heterocycles. The zero-order valence-corrected chi connectivity index (χ0v) is 12.1. The van der Waals surface area contributed by atoms with Crippen LogP contribution in [0.25, 0.3) is 11.0 Å². The average Bonchev–Trinajstić information content (AvgIpc) is 2.24. The Hall–Kier alpha value is -1.79. The summed E-state index contributed by atoms with van der Waals surface area (Å²) in [6.07, 6.45) is 0. The monoisotopic (exact) mass is 256 g/mol. The van der Waals surface area contributed by atoms with E-state index in [2.05, 4.69) is 31.1 Å². The van der Waals surface area contributed by atoms with E-state index >= 15 is 0 Å². The fraction of sp³-hybridized carbons (Fsp3) is 0.267. The first-order valence-electron chi connectivity index (χ1n) is 5.93. The van der Waals surface area contributed by atoms with Crippen LogP contribution in [0.4, 0.5) is 0 Å². The van der Waals surface area contributed by atoms with Crippen molar-refractivity contribution in [3.8, 4) is 11.5 Å². The van der Waals surface area contributed by atoms with Gasteiger partial charge in [-0.3, -0.25) is 0 Å². The van der Waals surface area contributed by atoms with E-state index < -0.39 is 8.07 Å². The summed E-state index contributed by atoms with van der Waals surface area (Å²) < 4.78 is 5.20. The van der Waals surface area contributed by atoms with Crippen molar-refractivity contribution in [3.05, 3.63) is 45.8 Å². The average molecular weight is 256 g/mol. The maximum Gasteiger partial charge on any atom is 0.336 e. The molecule has 1 heterocycles. The first-order valence-corrected chi connectivity index (χ1v) is 9.43. The second-order valence-corrected chi connectivity index (χ2v) is 10.2. The molecule has 0 fully saturated rings. The summed E-state index contributed by atoms with van der Waals surface area (Å²) in [6.45, 7) is 8.51. The molecular formula is C15H16O2Si. The molecule has 0 radical (unpaired) electrons. The molecule has 18 heavy (non-hydrogen) atoms. The van der Waals surface area contributed by atoms with Crippen molar-refractivity contribution in [2.75, 3.05) is 0 Å². The Morgan fingerprint density at radius 3 is 2.56 bits per heavy atom. The summed E-state index contributed by atoms with van der Waals surface area (Å²) in [5.41, 5.74) is 5.44. The summed E-state index contributed by atoms with van der Waals surface area (Å²) in [7, 11) is -1.38. The first kappa shape index (κ1) is 12.7. The number of benzene rings is 1. The van der Waals surface area contributed by atoms with Crippen molar-refractivity contribution in [1.29, 1.82) is 0 Å². The lowest BCUT2D eigenvalue weighted by Crippen LogP contribution is -2.16. The molecule has 1 aromatic carbocycles. The van der Waals surface area contributed by atoms with E-state index in [-0.39, 0.29) is 5.63 Å². The predicted molar refractivity (Wildman–Crippen MR) is 77.4 cm³/mol. The lowest BCUT2D eigenvalue weighted by atomic mass is 10.1. The van der Waals surface area contributed by atoms with Gasteiger partial charge in [0, 0.05) is 17.0 Å². The molecule has 0 amide bonds. The van der Waals surface area contributed by atoms with Gasteiger partial charge in [-0.15, -0.1) is 5.54 Å². The quantitative estimate of drug-likeness (QED) is 0.411. The molecule has 2 nitrogen and oxygen atoms in total. The zero-order chi connectivity index (χ0) is 13.3. The van der Waals surface area contributed by atoms with Gasteiger partial charge in [0.2, 0.25) is 0 Å². The fourth-order valence-corrected chi connectivity index (χ4v) is 2.18. The molecule has 0 aliphatic rings. The van der Waals surface area contributed by atoms with Crippen molar-refractivity contribution >= 4 is 19.0 Å². The minimum Gasteiger partial charge on any atom is -0.423 e. The van der Waals surface area contributed by atoms with E-state index in [1.807, 2.05) is 25.1 Å². The van der Waals surface area contributed by atoms with Gasteiger partial charge in [-0.2, -0.15) is 0 Å². The molecule has 0 aliphatic heterocycles. The maximum absolute atomic E-state index is 11.3. The van der Waals surface area contributed by atoms with Crippen molar-refractivity contribution in [3.63, 3.8) is 0 Å².